The first-order chi connectivity index (χ1) is 13.3. The molecule has 0 bridgehead atoms. The van der Waals surface area contributed by atoms with E-state index in [9.17, 15) is 14.9 Å². The molecule has 0 saturated carbocycles. The van der Waals surface area contributed by atoms with E-state index in [4.69, 9.17) is 0 Å². The Balaban J connectivity index is 1.60. The average molecular weight is 400 g/mol. The van der Waals surface area contributed by atoms with Crippen molar-refractivity contribution >= 4 is 27.9 Å². The van der Waals surface area contributed by atoms with Crippen molar-refractivity contribution in [3.8, 4) is 0 Å². The lowest BCUT2D eigenvalue weighted by atomic mass is 9.69. The second-order valence-corrected chi connectivity index (χ2v) is 9.49. The molecule has 0 saturated heterocycles. The largest absolute Gasteiger partial charge is 0.353 e. The Morgan fingerprint density at radius 2 is 1.96 bits per heavy atom. The highest BCUT2D eigenvalue weighted by Gasteiger charge is 2.37. The third kappa shape index (κ3) is 3.17. The number of rotatable bonds is 4. The average Bonchev–Trinajstić information content (AvgIpc) is 3.06. The van der Waals surface area contributed by atoms with Gasteiger partial charge in [0, 0.05) is 17.0 Å². The van der Waals surface area contributed by atoms with Gasteiger partial charge in [0.15, 0.2) is 0 Å². The highest BCUT2D eigenvalue weighted by atomic mass is 32.1. The van der Waals surface area contributed by atoms with E-state index in [1.807, 2.05) is 0 Å². The molecule has 4 rings (SSSR count). The van der Waals surface area contributed by atoms with E-state index in [0.29, 0.717) is 11.3 Å². The standard InChI is InChI=1S/C21H25N3O3S/c1-4-21(2,3)13-7-10-15-16(11-13)28-20-17(15)19(25)22-18(23-20)12-5-8-14(9-6-12)24(26)27/h5-6,8-9,13,18,23H,4,7,10-11H2,1-3H3,(H,22,25). The van der Waals surface area contributed by atoms with Gasteiger partial charge >= 0.3 is 0 Å². The van der Waals surface area contributed by atoms with Gasteiger partial charge < -0.3 is 10.6 Å². The Labute approximate surface area is 168 Å². The minimum absolute atomic E-state index is 0.0442. The number of anilines is 1. The Bertz CT molecular complexity index is 933. The van der Waals surface area contributed by atoms with Crippen LogP contribution in [-0.2, 0) is 12.8 Å². The number of nitrogens with one attached hydrogen (secondary N) is 2. The van der Waals surface area contributed by atoms with E-state index in [-0.39, 0.29) is 17.8 Å². The smallest absolute Gasteiger partial charge is 0.269 e. The van der Waals surface area contributed by atoms with Gasteiger partial charge in [-0.1, -0.05) is 27.2 Å². The van der Waals surface area contributed by atoms with Gasteiger partial charge in [-0.25, -0.2) is 0 Å². The van der Waals surface area contributed by atoms with Crippen LogP contribution in [0.5, 0.6) is 0 Å². The fourth-order valence-corrected chi connectivity index (χ4v) is 5.56. The summed E-state index contributed by atoms with van der Waals surface area (Å²) in [6.07, 6.45) is 3.89. The van der Waals surface area contributed by atoms with Gasteiger partial charge in [-0.05, 0) is 53.9 Å². The number of non-ortho nitro benzene ring substituents is 1. The second kappa shape index (κ2) is 6.88. The Kier molecular flexibility index (Phi) is 4.65. The number of nitro benzene ring substituents is 1. The number of hydrogen-bond donors (Lipinski definition) is 2. The summed E-state index contributed by atoms with van der Waals surface area (Å²) in [6.45, 7) is 6.93. The van der Waals surface area contributed by atoms with E-state index in [1.165, 1.54) is 22.6 Å². The van der Waals surface area contributed by atoms with Crippen molar-refractivity contribution in [3.05, 3.63) is 55.9 Å². The summed E-state index contributed by atoms with van der Waals surface area (Å²) in [5, 5.41) is 18.2. The third-order valence-electron chi connectivity index (χ3n) is 6.50. The number of hydrogen-bond acceptors (Lipinski definition) is 5. The maximum absolute atomic E-state index is 12.9. The lowest BCUT2D eigenvalue weighted by Crippen LogP contribution is -2.38. The molecular formula is C21H25N3O3S. The van der Waals surface area contributed by atoms with Crippen LogP contribution in [-0.4, -0.2) is 10.8 Å². The number of nitrogens with zero attached hydrogens (tertiary/aromatic N) is 1. The SMILES string of the molecule is CCC(C)(C)C1CCc2c(sc3c2C(=O)NC(c2ccc([N+](=O)[O-])cc2)N3)C1. The molecule has 2 N–H and O–H groups in total. The molecule has 1 aromatic carbocycles. The molecule has 2 atom stereocenters. The van der Waals surface area contributed by atoms with Crippen molar-refractivity contribution in [2.75, 3.05) is 5.32 Å². The number of benzene rings is 1. The zero-order valence-electron chi connectivity index (χ0n) is 16.4. The van der Waals surface area contributed by atoms with Crippen LogP contribution >= 0.6 is 11.3 Å². The number of carbonyl (C=O) groups is 1. The van der Waals surface area contributed by atoms with Gasteiger partial charge in [0.05, 0.1) is 10.5 Å². The minimum atomic E-state index is -0.420. The number of carbonyl (C=O) groups excluding carboxylic acids is 1. The molecule has 1 aliphatic carbocycles. The summed E-state index contributed by atoms with van der Waals surface area (Å²) in [5.41, 5.74) is 3.16. The summed E-state index contributed by atoms with van der Waals surface area (Å²) in [4.78, 5) is 24.6. The highest BCUT2D eigenvalue weighted by molar-refractivity contribution is 7.16. The number of fused-ring (bicyclic) bond motifs is 3. The van der Waals surface area contributed by atoms with Crippen LogP contribution in [0.2, 0.25) is 0 Å². The van der Waals surface area contributed by atoms with E-state index in [0.717, 1.165) is 41.8 Å². The van der Waals surface area contributed by atoms with E-state index >= 15 is 0 Å². The summed E-state index contributed by atoms with van der Waals surface area (Å²) in [7, 11) is 0. The first-order valence-electron chi connectivity index (χ1n) is 9.76. The maximum Gasteiger partial charge on any atom is 0.269 e. The molecular weight excluding hydrogens is 374 g/mol. The molecule has 6 nitrogen and oxygen atoms in total. The van der Waals surface area contributed by atoms with Gasteiger partial charge in [0.25, 0.3) is 11.6 Å². The van der Waals surface area contributed by atoms with Crippen LogP contribution in [0, 0.1) is 21.4 Å². The summed E-state index contributed by atoms with van der Waals surface area (Å²) >= 11 is 1.70. The van der Waals surface area contributed by atoms with Crippen LogP contribution < -0.4 is 10.6 Å². The lowest BCUT2D eigenvalue weighted by molar-refractivity contribution is -0.384. The quantitative estimate of drug-likeness (QED) is 0.556. The molecule has 1 amide bonds. The molecule has 1 aromatic heterocycles. The van der Waals surface area contributed by atoms with Gasteiger partial charge in [0.1, 0.15) is 11.2 Å². The van der Waals surface area contributed by atoms with Crippen molar-refractivity contribution in [2.45, 2.75) is 52.6 Å². The Morgan fingerprint density at radius 3 is 2.61 bits per heavy atom. The van der Waals surface area contributed by atoms with Crippen LogP contribution in [0.1, 0.15) is 66.1 Å². The first-order valence-corrected chi connectivity index (χ1v) is 10.6. The number of amides is 1. The maximum atomic E-state index is 12.9. The molecule has 2 unspecified atom stereocenters. The monoisotopic (exact) mass is 399 g/mol. The molecule has 2 aromatic rings. The molecule has 2 aliphatic rings. The van der Waals surface area contributed by atoms with Gasteiger partial charge in [-0.15, -0.1) is 11.3 Å². The summed E-state index contributed by atoms with van der Waals surface area (Å²) in [5.74, 6) is 0.585. The summed E-state index contributed by atoms with van der Waals surface area (Å²) < 4.78 is 0. The Hall–Kier alpha value is -2.41. The van der Waals surface area contributed by atoms with Crippen LogP contribution in [0.3, 0.4) is 0 Å². The van der Waals surface area contributed by atoms with E-state index in [2.05, 4.69) is 31.4 Å². The van der Waals surface area contributed by atoms with Gasteiger partial charge in [-0.3, -0.25) is 14.9 Å². The normalized spacial score (nSPS) is 21.3. The predicted octanol–water partition coefficient (Wildman–Crippen LogP) is 5.05. The van der Waals surface area contributed by atoms with E-state index < -0.39 is 4.92 Å². The first kappa shape index (κ1) is 18.9. The van der Waals surface area contributed by atoms with Crippen LogP contribution in [0.15, 0.2) is 24.3 Å². The van der Waals surface area contributed by atoms with E-state index in [1.54, 1.807) is 23.5 Å². The fourth-order valence-electron chi connectivity index (χ4n) is 4.21. The zero-order valence-corrected chi connectivity index (χ0v) is 17.2. The highest BCUT2D eigenvalue weighted by Crippen LogP contribution is 2.46. The second-order valence-electron chi connectivity index (χ2n) is 8.39. The fraction of sp³-hybridized carbons (Fsp3) is 0.476. The number of thiophene rings is 1. The molecule has 1 aliphatic heterocycles. The third-order valence-corrected chi connectivity index (χ3v) is 7.68. The van der Waals surface area contributed by atoms with Gasteiger partial charge in [0.2, 0.25) is 0 Å². The molecule has 148 valence electrons. The minimum Gasteiger partial charge on any atom is -0.353 e. The van der Waals surface area contributed by atoms with Crippen LogP contribution in [0.4, 0.5) is 10.7 Å². The molecule has 0 radical (unpaired) electrons. The van der Waals surface area contributed by atoms with Crippen molar-refractivity contribution < 1.29 is 9.72 Å². The molecule has 0 spiro atoms. The van der Waals surface area contributed by atoms with Crippen molar-refractivity contribution in [1.82, 2.24) is 5.32 Å². The number of nitro groups is 1. The summed E-state index contributed by atoms with van der Waals surface area (Å²) in [6, 6.07) is 6.31. The zero-order chi connectivity index (χ0) is 20.1. The molecule has 28 heavy (non-hydrogen) atoms. The van der Waals surface area contributed by atoms with Crippen molar-refractivity contribution in [3.63, 3.8) is 0 Å². The van der Waals surface area contributed by atoms with Crippen molar-refractivity contribution in [2.24, 2.45) is 11.3 Å². The van der Waals surface area contributed by atoms with Crippen LogP contribution in [0.25, 0.3) is 0 Å². The Morgan fingerprint density at radius 1 is 1.25 bits per heavy atom. The topological polar surface area (TPSA) is 84.3 Å². The molecule has 0 fully saturated rings. The van der Waals surface area contributed by atoms with Crippen molar-refractivity contribution in [1.29, 1.82) is 0 Å². The lowest BCUT2D eigenvalue weighted by Gasteiger charge is -2.36. The molecule has 7 heteroatoms. The van der Waals surface area contributed by atoms with Gasteiger partial charge in [-0.2, -0.15) is 0 Å². The predicted molar refractivity (Wildman–Crippen MR) is 111 cm³/mol. The molecule has 2 heterocycles.